The number of nitro groups is 1. The molecule has 0 radical (unpaired) electrons. The number of carbonyl (C=O) groups excluding carboxylic acids is 3. The molecule has 1 aromatic carbocycles. The lowest BCUT2D eigenvalue weighted by molar-refractivity contribution is -0.384. The third kappa shape index (κ3) is 3.24. The SMILES string of the molecule is CC(=O)c1cc([N+](=O)[O-])ccc1NC1=CC(=O)N(CCO)C1=O. The summed E-state index contributed by atoms with van der Waals surface area (Å²) in [6.45, 7) is 0.728. The highest BCUT2D eigenvalue weighted by Gasteiger charge is 2.31. The molecule has 9 nitrogen and oxygen atoms in total. The maximum Gasteiger partial charge on any atom is 0.277 e. The first-order chi connectivity index (χ1) is 10.8. The maximum absolute atomic E-state index is 12.0. The average Bonchev–Trinajstić information content (AvgIpc) is 2.75. The number of hydrogen-bond donors (Lipinski definition) is 2. The summed E-state index contributed by atoms with van der Waals surface area (Å²) in [5.74, 6) is -1.66. The third-order valence-corrected chi connectivity index (χ3v) is 3.20. The van der Waals surface area contributed by atoms with Crippen LogP contribution in [0.2, 0.25) is 0 Å². The molecule has 0 atom stereocenters. The number of nitrogens with zero attached hydrogens (tertiary/aromatic N) is 2. The van der Waals surface area contributed by atoms with Crippen LogP contribution < -0.4 is 5.32 Å². The Balaban J connectivity index is 2.32. The summed E-state index contributed by atoms with van der Waals surface area (Å²) >= 11 is 0. The van der Waals surface area contributed by atoms with Crippen molar-refractivity contribution in [2.75, 3.05) is 18.5 Å². The first-order valence-electron chi connectivity index (χ1n) is 6.60. The van der Waals surface area contributed by atoms with E-state index in [9.17, 15) is 24.5 Å². The maximum atomic E-state index is 12.0. The van der Waals surface area contributed by atoms with E-state index < -0.39 is 22.5 Å². The van der Waals surface area contributed by atoms with E-state index in [0.29, 0.717) is 0 Å². The van der Waals surface area contributed by atoms with Gasteiger partial charge in [0.2, 0.25) is 0 Å². The van der Waals surface area contributed by atoms with Crippen LogP contribution in [0.25, 0.3) is 0 Å². The number of ketones is 1. The number of Topliss-reactive ketones (excluding diaryl/α,β-unsaturated/α-hetero) is 1. The average molecular weight is 319 g/mol. The molecule has 1 aliphatic rings. The lowest BCUT2D eigenvalue weighted by atomic mass is 10.1. The van der Waals surface area contributed by atoms with Gasteiger partial charge in [-0.05, 0) is 13.0 Å². The van der Waals surface area contributed by atoms with Crippen molar-refractivity contribution in [3.63, 3.8) is 0 Å². The predicted octanol–water partition coefficient (Wildman–Crippen LogP) is 0.454. The Morgan fingerprint density at radius 1 is 1.39 bits per heavy atom. The van der Waals surface area contributed by atoms with Gasteiger partial charge >= 0.3 is 0 Å². The molecule has 0 unspecified atom stereocenters. The van der Waals surface area contributed by atoms with Crippen LogP contribution in [-0.4, -0.2) is 45.7 Å². The number of non-ortho nitro benzene ring substituents is 1. The van der Waals surface area contributed by atoms with Crippen LogP contribution in [0.5, 0.6) is 0 Å². The van der Waals surface area contributed by atoms with Gasteiger partial charge in [0.15, 0.2) is 5.78 Å². The molecule has 1 aromatic rings. The van der Waals surface area contributed by atoms with E-state index in [0.717, 1.165) is 17.0 Å². The second-order valence-electron chi connectivity index (χ2n) is 4.74. The summed E-state index contributed by atoms with van der Waals surface area (Å²) in [7, 11) is 0. The highest BCUT2D eigenvalue weighted by molar-refractivity contribution is 6.18. The number of benzene rings is 1. The smallest absolute Gasteiger partial charge is 0.277 e. The fraction of sp³-hybridized carbons (Fsp3) is 0.214. The zero-order valence-electron chi connectivity index (χ0n) is 12.1. The number of nitro benzene ring substituents is 1. The Kier molecular flexibility index (Phi) is 4.51. The first-order valence-corrected chi connectivity index (χ1v) is 6.60. The Morgan fingerprint density at radius 3 is 2.65 bits per heavy atom. The number of anilines is 1. The Morgan fingerprint density at radius 2 is 2.09 bits per heavy atom. The molecule has 0 spiro atoms. The molecule has 9 heteroatoms. The summed E-state index contributed by atoms with van der Waals surface area (Å²) in [4.78, 5) is 46.3. The molecule has 0 aliphatic carbocycles. The van der Waals surface area contributed by atoms with Crippen LogP contribution in [0, 0.1) is 10.1 Å². The van der Waals surface area contributed by atoms with Crippen LogP contribution in [0.15, 0.2) is 30.0 Å². The van der Waals surface area contributed by atoms with Crippen molar-refractivity contribution in [3.8, 4) is 0 Å². The van der Waals surface area contributed by atoms with Crippen LogP contribution in [0.1, 0.15) is 17.3 Å². The van der Waals surface area contributed by atoms with Crippen LogP contribution in [-0.2, 0) is 9.59 Å². The van der Waals surface area contributed by atoms with Gasteiger partial charge in [-0.15, -0.1) is 0 Å². The second kappa shape index (κ2) is 6.36. The lowest BCUT2D eigenvalue weighted by Crippen LogP contribution is -2.34. The summed E-state index contributed by atoms with van der Waals surface area (Å²) in [6, 6.07) is 3.57. The molecule has 2 amide bonds. The van der Waals surface area contributed by atoms with E-state index in [1.807, 2.05) is 0 Å². The fourth-order valence-electron chi connectivity index (χ4n) is 2.10. The van der Waals surface area contributed by atoms with Crippen molar-refractivity contribution in [2.45, 2.75) is 6.92 Å². The molecule has 23 heavy (non-hydrogen) atoms. The zero-order chi connectivity index (χ0) is 17.1. The van der Waals surface area contributed by atoms with Gasteiger partial charge in [-0.2, -0.15) is 0 Å². The lowest BCUT2D eigenvalue weighted by Gasteiger charge is -2.14. The van der Waals surface area contributed by atoms with Crippen molar-refractivity contribution < 1.29 is 24.4 Å². The molecule has 1 aliphatic heterocycles. The third-order valence-electron chi connectivity index (χ3n) is 3.20. The monoisotopic (exact) mass is 319 g/mol. The number of hydrogen-bond acceptors (Lipinski definition) is 7. The van der Waals surface area contributed by atoms with Crippen molar-refractivity contribution in [3.05, 3.63) is 45.6 Å². The van der Waals surface area contributed by atoms with E-state index in [-0.39, 0.29) is 35.8 Å². The summed E-state index contributed by atoms with van der Waals surface area (Å²) in [6.07, 6.45) is 1.04. The Hall–Kier alpha value is -3.07. The molecule has 0 bridgehead atoms. The highest BCUT2D eigenvalue weighted by Crippen LogP contribution is 2.25. The number of aliphatic hydroxyl groups is 1. The van der Waals surface area contributed by atoms with E-state index in [1.165, 1.54) is 19.1 Å². The number of carbonyl (C=O) groups is 3. The van der Waals surface area contributed by atoms with Crippen molar-refractivity contribution in [2.24, 2.45) is 0 Å². The molecule has 2 N–H and O–H groups in total. The van der Waals surface area contributed by atoms with Gasteiger partial charge in [-0.3, -0.25) is 29.4 Å². The van der Waals surface area contributed by atoms with E-state index in [4.69, 9.17) is 5.11 Å². The molecule has 120 valence electrons. The van der Waals surface area contributed by atoms with Gasteiger partial charge in [0, 0.05) is 29.5 Å². The molecule has 1 heterocycles. The highest BCUT2D eigenvalue weighted by atomic mass is 16.6. The molecule has 0 saturated carbocycles. The Bertz CT molecular complexity index is 740. The number of aliphatic hydroxyl groups excluding tert-OH is 1. The van der Waals surface area contributed by atoms with E-state index in [2.05, 4.69) is 5.32 Å². The quantitative estimate of drug-likeness (QED) is 0.337. The minimum atomic E-state index is -0.642. The number of amides is 2. The summed E-state index contributed by atoms with van der Waals surface area (Å²) in [5, 5.41) is 22.3. The topological polar surface area (TPSA) is 130 Å². The number of β-amino-alcohol motifs (C(OH)–C–C–N with tert-alkyl or cyclic N) is 1. The molecule has 0 aromatic heterocycles. The van der Waals surface area contributed by atoms with Gasteiger partial charge in [-0.1, -0.05) is 0 Å². The normalized spacial score (nSPS) is 14.0. The van der Waals surface area contributed by atoms with E-state index in [1.54, 1.807) is 0 Å². The minimum absolute atomic E-state index is 0.0287. The fourth-order valence-corrected chi connectivity index (χ4v) is 2.10. The molecule has 0 saturated heterocycles. The van der Waals surface area contributed by atoms with Crippen LogP contribution >= 0.6 is 0 Å². The molecular weight excluding hydrogens is 306 g/mol. The first kappa shape index (κ1) is 16.3. The standard InChI is InChI=1S/C14H13N3O6/c1-8(19)10-6-9(17(22)23)2-3-11(10)15-12-7-13(20)16(4-5-18)14(12)21/h2-3,6-7,15,18H,4-5H2,1H3. The van der Waals surface area contributed by atoms with Gasteiger partial charge in [-0.25, -0.2) is 0 Å². The number of nitrogens with one attached hydrogen (secondary N) is 1. The molecule has 0 fully saturated rings. The van der Waals surface area contributed by atoms with Crippen LogP contribution in [0.3, 0.4) is 0 Å². The van der Waals surface area contributed by atoms with Gasteiger partial charge < -0.3 is 10.4 Å². The predicted molar refractivity (Wildman–Crippen MR) is 78.6 cm³/mol. The second-order valence-corrected chi connectivity index (χ2v) is 4.74. The minimum Gasteiger partial charge on any atom is -0.395 e. The Labute approximate surface area is 130 Å². The van der Waals surface area contributed by atoms with Gasteiger partial charge in [0.05, 0.1) is 18.1 Å². The van der Waals surface area contributed by atoms with Gasteiger partial charge in [0.25, 0.3) is 17.5 Å². The van der Waals surface area contributed by atoms with Crippen molar-refractivity contribution >= 4 is 29.0 Å². The van der Waals surface area contributed by atoms with Crippen molar-refractivity contribution in [1.29, 1.82) is 0 Å². The van der Waals surface area contributed by atoms with Crippen LogP contribution in [0.4, 0.5) is 11.4 Å². The summed E-state index contributed by atoms with van der Waals surface area (Å²) < 4.78 is 0. The number of rotatable bonds is 6. The molecule has 2 rings (SSSR count). The van der Waals surface area contributed by atoms with Crippen molar-refractivity contribution in [1.82, 2.24) is 4.90 Å². The number of imide groups is 1. The molecular formula is C14H13N3O6. The largest absolute Gasteiger partial charge is 0.395 e. The summed E-state index contributed by atoms with van der Waals surface area (Å²) in [5.41, 5.74) is -0.118. The van der Waals surface area contributed by atoms with E-state index >= 15 is 0 Å². The van der Waals surface area contributed by atoms with Gasteiger partial charge in [0.1, 0.15) is 5.70 Å². The zero-order valence-corrected chi connectivity index (χ0v) is 12.1.